The zero-order valence-corrected chi connectivity index (χ0v) is 32.0. The van der Waals surface area contributed by atoms with Crippen molar-refractivity contribution in [3.63, 3.8) is 0 Å². The Balaban J connectivity index is 3.90. The molecular formula is C39H75O8P. The van der Waals surface area contributed by atoms with Gasteiger partial charge in [-0.3, -0.25) is 14.1 Å². The van der Waals surface area contributed by atoms with Crippen molar-refractivity contribution in [3.8, 4) is 0 Å². The minimum atomic E-state index is -4.75. The number of hydrogen-bond acceptors (Lipinski definition) is 6. The number of unbranched alkanes of at least 4 members (excludes halogenated alkanes) is 25. The Morgan fingerprint density at radius 1 is 0.521 bits per heavy atom. The van der Waals surface area contributed by atoms with Crippen molar-refractivity contribution in [1.82, 2.24) is 0 Å². The zero-order chi connectivity index (χ0) is 35.4. The molecule has 0 aliphatic heterocycles. The van der Waals surface area contributed by atoms with Gasteiger partial charge < -0.3 is 19.3 Å². The van der Waals surface area contributed by atoms with Crippen LogP contribution in [0.4, 0.5) is 0 Å². The van der Waals surface area contributed by atoms with Gasteiger partial charge in [0, 0.05) is 12.8 Å². The molecule has 0 saturated heterocycles. The first-order valence-electron chi connectivity index (χ1n) is 20.0. The Morgan fingerprint density at radius 3 is 1.29 bits per heavy atom. The number of carbonyl (C=O) groups excluding carboxylic acids is 2. The summed E-state index contributed by atoms with van der Waals surface area (Å²) in [5, 5.41) is 0. The number of phosphoric acid groups is 1. The van der Waals surface area contributed by atoms with Crippen LogP contribution in [0.3, 0.4) is 0 Å². The maximum absolute atomic E-state index is 12.3. The third-order valence-corrected chi connectivity index (χ3v) is 9.27. The number of ether oxygens (including phenoxy) is 2. The third kappa shape index (κ3) is 37.6. The molecule has 0 heterocycles. The Bertz CT molecular complexity index is 797. The van der Waals surface area contributed by atoms with Crippen LogP contribution in [-0.2, 0) is 28.2 Å². The Morgan fingerprint density at radius 2 is 0.875 bits per heavy atom. The third-order valence-electron chi connectivity index (χ3n) is 8.78. The molecule has 8 nitrogen and oxygen atoms in total. The van der Waals surface area contributed by atoms with Crippen LogP contribution in [0.2, 0.25) is 0 Å². The van der Waals surface area contributed by atoms with Crippen molar-refractivity contribution in [2.24, 2.45) is 0 Å². The fourth-order valence-corrected chi connectivity index (χ4v) is 6.14. The van der Waals surface area contributed by atoms with Crippen molar-refractivity contribution >= 4 is 19.8 Å². The van der Waals surface area contributed by atoms with E-state index in [2.05, 4.69) is 30.5 Å². The van der Waals surface area contributed by atoms with Crippen LogP contribution >= 0.6 is 7.82 Å². The molecule has 48 heavy (non-hydrogen) atoms. The summed E-state index contributed by atoms with van der Waals surface area (Å²) in [6, 6.07) is 0. The first kappa shape index (κ1) is 46.8. The number of allylic oxidation sites excluding steroid dienone is 2. The molecule has 0 rings (SSSR count). The second-order valence-electron chi connectivity index (χ2n) is 13.6. The van der Waals surface area contributed by atoms with Crippen molar-refractivity contribution in [2.75, 3.05) is 13.2 Å². The molecule has 0 saturated carbocycles. The number of esters is 2. The molecule has 1 atom stereocenters. The molecule has 0 aromatic heterocycles. The van der Waals surface area contributed by atoms with E-state index in [-0.39, 0.29) is 19.4 Å². The lowest BCUT2D eigenvalue weighted by Gasteiger charge is -2.18. The molecule has 0 aliphatic rings. The molecule has 2 N–H and O–H groups in total. The van der Waals surface area contributed by atoms with E-state index >= 15 is 0 Å². The van der Waals surface area contributed by atoms with E-state index in [0.717, 1.165) is 51.4 Å². The molecule has 0 unspecified atom stereocenters. The molecule has 0 amide bonds. The smallest absolute Gasteiger partial charge is 0.462 e. The van der Waals surface area contributed by atoms with Gasteiger partial charge in [0.05, 0.1) is 6.61 Å². The van der Waals surface area contributed by atoms with E-state index < -0.39 is 32.5 Å². The summed E-state index contributed by atoms with van der Waals surface area (Å²) in [5.74, 6) is -0.885. The fraction of sp³-hybridized carbons (Fsp3) is 0.897. The monoisotopic (exact) mass is 703 g/mol. The topological polar surface area (TPSA) is 119 Å². The Kier molecular flexibility index (Phi) is 34.7. The summed E-state index contributed by atoms with van der Waals surface area (Å²) >= 11 is 0. The highest BCUT2D eigenvalue weighted by molar-refractivity contribution is 7.46. The van der Waals surface area contributed by atoms with Crippen molar-refractivity contribution in [3.05, 3.63) is 12.2 Å². The van der Waals surface area contributed by atoms with Crippen molar-refractivity contribution < 1.29 is 37.9 Å². The maximum atomic E-state index is 12.3. The molecule has 284 valence electrons. The molecule has 0 bridgehead atoms. The average molecular weight is 703 g/mol. The second-order valence-corrected chi connectivity index (χ2v) is 14.9. The molecule has 0 aromatic carbocycles. The predicted octanol–water partition coefficient (Wildman–Crippen LogP) is 11.8. The van der Waals surface area contributed by atoms with E-state index in [1.165, 1.54) is 122 Å². The van der Waals surface area contributed by atoms with E-state index in [1.54, 1.807) is 0 Å². The van der Waals surface area contributed by atoms with Crippen LogP contribution in [0.25, 0.3) is 0 Å². The number of carbonyl (C=O) groups is 2. The van der Waals surface area contributed by atoms with Gasteiger partial charge in [-0.2, -0.15) is 0 Å². The first-order chi connectivity index (χ1) is 23.3. The zero-order valence-electron chi connectivity index (χ0n) is 31.2. The Labute approximate surface area is 295 Å². The van der Waals surface area contributed by atoms with Crippen LogP contribution in [0, 0.1) is 0 Å². The summed E-state index contributed by atoms with van der Waals surface area (Å²) < 4.78 is 26.3. The quantitative estimate of drug-likeness (QED) is 0.0284. The lowest BCUT2D eigenvalue weighted by molar-refractivity contribution is -0.161. The van der Waals surface area contributed by atoms with Crippen LogP contribution < -0.4 is 0 Å². The van der Waals surface area contributed by atoms with Crippen LogP contribution in [0.5, 0.6) is 0 Å². The number of rotatable bonds is 37. The summed E-state index contributed by atoms with van der Waals surface area (Å²) in [6.07, 6.45) is 37.9. The maximum Gasteiger partial charge on any atom is 0.469 e. The first-order valence-corrected chi connectivity index (χ1v) is 21.5. The lowest BCUT2D eigenvalue weighted by atomic mass is 10.0. The average Bonchev–Trinajstić information content (AvgIpc) is 3.05. The lowest BCUT2D eigenvalue weighted by Crippen LogP contribution is -2.29. The van der Waals surface area contributed by atoms with Gasteiger partial charge in [-0.1, -0.05) is 167 Å². The van der Waals surface area contributed by atoms with Gasteiger partial charge in [0.1, 0.15) is 6.61 Å². The van der Waals surface area contributed by atoms with E-state index in [1.807, 2.05) is 0 Å². The fourth-order valence-electron chi connectivity index (χ4n) is 5.78. The summed E-state index contributed by atoms with van der Waals surface area (Å²) in [7, 11) is -4.75. The molecular weight excluding hydrogens is 627 g/mol. The number of hydrogen-bond donors (Lipinski definition) is 2. The summed E-state index contributed by atoms with van der Waals surface area (Å²) in [6.45, 7) is 3.67. The summed E-state index contributed by atoms with van der Waals surface area (Å²) in [5.41, 5.74) is 0. The van der Waals surface area contributed by atoms with E-state index in [9.17, 15) is 14.2 Å². The minimum Gasteiger partial charge on any atom is -0.462 e. The van der Waals surface area contributed by atoms with Gasteiger partial charge in [-0.05, 0) is 38.5 Å². The van der Waals surface area contributed by atoms with E-state index in [0.29, 0.717) is 6.42 Å². The normalized spacial score (nSPS) is 12.5. The largest absolute Gasteiger partial charge is 0.469 e. The molecule has 0 spiro atoms. The van der Waals surface area contributed by atoms with Gasteiger partial charge in [-0.25, -0.2) is 4.57 Å². The molecule has 9 heteroatoms. The summed E-state index contributed by atoms with van der Waals surface area (Å²) in [4.78, 5) is 42.7. The van der Waals surface area contributed by atoms with Crippen LogP contribution in [0.15, 0.2) is 12.2 Å². The van der Waals surface area contributed by atoms with Crippen molar-refractivity contribution in [2.45, 2.75) is 213 Å². The van der Waals surface area contributed by atoms with Gasteiger partial charge in [0.2, 0.25) is 0 Å². The number of phosphoric ester groups is 1. The SMILES string of the molecule is CCCCCC/C=C/CCCCCCCC(=O)O[C@H](COC(=O)CCCCCCCCCCCCCCCCCCC)COP(=O)(O)O. The Hall–Kier alpha value is -1.21. The van der Waals surface area contributed by atoms with Crippen molar-refractivity contribution in [1.29, 1.82) is 0 Å². The van der Waals surface area contributed by atoms with E-state index in [4.69, 9.17) is 19.3 Å². The highest BCUT2D eigenvalue weighted by Gasteiger charge is 2.22. The molecule has 0 fully saturated rings. The highest BCUT2D eigenvalue weighted by atomic mass is 31.2. The standard InChI is InChI=1S/C39H75O8P/c1-3-5-7-9-11-13-15-17-18-19-20-22-23-25-27-29-31-33-38(40)45-35-37(36-46-48(42,43)44)47-39(41)34-32-30-28-26-24-21-16-14-12-10-8-6-4-2/h14,16,37H,3-13,15,17-36H2,1-2H3,(H2,42,43,44)/b16-14+/t37-/m1/s1. The minimum absolute atomic E-state index is 0.206. The van der Waals surface area contributed by atoms with Gasteiger partial charge >= 0.3 is 19.8 Å². The highest BCUT2D eigenvalue weighted by Crippen LogP contribution is 2.36. The molecule has 0 aliphatic carbocycles. The molecule has 0 radical (unpaired) electrons. The second kappa shape index (κ2) is 35.6. The molecule has 0 aromatic rings. The predicted molar refractivity (Wildman–Crippen MR) is 198 cm³/mol. The van der Waals surface area contributed by atoms with Gasteiger partial charge in [0.25, 0.3) is 0 Å². The van der Waals surface area contributed by atoms with Crippen LogP contribution in [0.1, 0.15) is 206 Å². The van der Waals surface area contributed by atoms with Gasteiger partial charge in [0.15, 0.2) is 6.10 Å². The van der Waals surface area contributed by atoms with Crippen LogP contribution in [-0.4, -0.2) is 41.0 Å². The van der Waals surface area contributed by atoms with Gasteiger partial charge in [-0.15, -0.1) is 0 Å².